The summed E-state index contributed by atoms with van der Waals surface area (Å²) in [5.41, 5.74) is 0.465. The maximum absolute atomic E-state index is 13.2. The largest absolute Gasteiger partial charge is 0.481 e. The number of hydrogen-bond acceptors (Lipinski definition) is 5. The molecule has 1 aliphatic carbocycles. The molecule has 7 nitrogen and oxygen atoms in total. The van der Waals surface area contributed by atoms with Gasteiger partial charge in [-0.3, -0.25) is 9.59 Å². The number of amides is 1. The van der Waals surface area contributed by atoms with Crippen LogP contribution >= 0.6 is 0 Å². The Morgan fingerprint density at radius 3 is 2.87 bits per heavy atom. The summed E-state index contributed by atoms with van der Waals surface area (Å²) in [5, 5.41) is 15.2. The number of nitrogens with zero attached hydrogens (tertiary/aromatic N) is 2. The maximum atomic E-state index is 13.2. The van der Waals surface area contributed by atoms with Gasteiger partial charge >= 0.3 is 5.97 Å². The Morgan fingerprint density at radius 1 is 1.43 bits per heavy atom. The normalized spacial score (nSPS) is 20.8. The van der Waals surface area contributed by atoms with Crippen LogP contribution in [0.1, 0.15) is 25.3 Å². The Labute approximate surface area is 130 Å². The second kappa shape index (κ2) is 5.79. The van der Waals surface area contributed by atoms with Crippen molar-refractivity contribution in [1.82, 2.24) is 15.5 Å². The van der Waals surface area contributed by atoms with Gasteiger partial charge in [-0.25, -0.2) is 4.39 Å². The molecular weight excluding hydrogens is 305 g/mol. The number of hydrogen-bond donors (Lipinski definition) is 2. The van der Waals surface area contributed by atoms with E-state index in [0.717, 1.165) is 0 Å². The second-order valence-corrected chi connectivity index (χ2v) is 5.48. The van der Waals surface area contributed by atoms with Gasteiger partial charge in [0.2, 0.25) is 17.6 Å². The molecule has 3 rings (SSSR count). The summed E-state index contributed by atoms with van der Waals surface area (Å²) in [5.74, 6) is -2.48. The molecule has 0 radical (unpaired) electrons. The minimum Gasteiger partial charge on any atom is -0.481 e. The summed E-state index contributed by atoms with van der Waals surface area (Å²) in [7, 11) is 0. The Balaban J connectivity index is 1.66. The summed E-state index contributed by atoms with van der Waals surface area (Å²) in [4.78, 5) is 26.8. The number of carboxylic acids is 1. The van der Waals surface area contributed by atoms with Crippen molar-refractivity contribution in [3.8, 4) is 11.4 Å². The Bertz CT molecular complexity index is 761. The van der Waals surface area contributed by atoms with Crippen LogP contribution in [0.15, 0.2) is 28.8 Å². The van der Waals surface area contributed by atoms with Crippen LogP contribution in [0.25, 0.3) is 11.4 Å². The number of nitrogens with one attached hydrogen (secondary N) is 1. The van der Waals surface area contributed by atoms with Crippen LogP contribution in [0.2, 0.25) is 0 Å². The van der Waals surface area contributed by atoms with Crippen LogP contribution in [-0.2, 0) is 9.59 Å². The molecule has 0 spiro atoms. The van der Waals surface area contributed by atoms with Crippen molar-refractivity contribution in [2.75, 3.05) is 0 Å². The lowest BCUT2D eigenvalue weighted by Crippen LogP contribution is -2.29. The SMILES string of the molecule is C[C@H](NC(=O)[C@@H]1C[C@@H]1C(=O)O)c1nc(-c2cccc(F)c2)no1. The highest BCUT2D eigenvalue weighted by atomic mass is 19.1. The highest BCUT2D eigenvalue weighted by Crippen LogP contribution is 2.39. The number of carbonyl (C=O) groups excluding carboxylic acids is 1. The minimum absolute atomic E-state index is 0.171. The van der Waals surface area contributed by atoms with Gasteiger partial charge in [0.25, 0.3) is 0 Å². The lowest BCUT2D eigenvalue weighted by molar-refractivity contribution is -0.140. The number of rotatable bonds is 5. The van der Waals surface area contributed by atoms with E-state index in [1.165, 1.54) is 18.2 Å². The third-order valence-corrected chi connectivity index (χ3v) is 3.70. The summed E-state index contributed by atoms with van der Waals surface area (Å²) in [6, 6.07) is 5.20. The summed E-state index contributed by atoms with van der Waals surface area (Å²) < 4.78 is 18.3. The van der Waals surface area contributed by atoms with Crippen LogP contribution in [0.5, 0.6) is 0 Å². The van der Waals surface area contributed by atoms with E-state index < -0.39 is 29.7 Å². The van der Waals surface area contributed by atoms with Gasteiger partial charge in [0.15, 0.2) is 0 Å². The molecular formula is C15H14FN3O4. The predicted molar refractivity (Wildman–Crippen MR) is 75.5 cm³/mol. The monoisotopic (exact) mass is 319 g/mol. The van der Waals surface area contributed by atoms with Crippen molar-refractivity contribution in [2.45, 2.75) is 19.4 Å². The fourth-order valence-corrected chi connectivity index (χ4v) is 2.30. The molecule has 1 heterocycles. The molecule has 0 unspecified atom stereocenters. The topological polar surface area (TPSA) is 105 Å². The molecule has 2 N–H and O–H groups in total. The first-order chi connectivity index (χ1) is 11.0. The molecule has 0 bridgehead atoms. The van der Waals surface area contributed by atoms with Gasteiger partial charge in [-0.2, -0.15) is 4.98 Å². The van der Waals surface area contributed by atoms with Crippen LogP contribution in [0.4, 0.5) is 4.39 Å². The van der Waals surface area contributed by atoms with Gasteiger partial charge in [-0.1, -0.05) is 17.3 Å². The van der Waals surface area contributed by atoms with E-state index in [4.69, 9.17) is 9.63 Å². The first kappa shape index (κ1) is 15.1. The van der Waals surface area contributed by atoms with Gasteiger partial charge < -0.3 is 14.9 Å². The molecule has 2 aromatic rings. The zero-order valence-corrected chi connectivity index (χ0v) is 12.2. The molecule has 1 saturated carbocycles. The third-order valence-electron chi connectivity index (χ3n) is 3.70. The Morgan fingerprint density at radius 2 is 2.22 bits per heavy atom. The average Bonchev–Trinajstić information content (AvgIpc) is 3.17. The van der Waals surface area contributed by atoms with Gasteiger partial charge in [-0.05, 0) is 25.5 Å². The van der Waals surface area contributed by atoms with Crippen molar-refractivity contribution < 1.29 is 23.6 Å². The molecule has 1 fully saturated rings. The zero-order chi connectivity index (χ0) is 16.6. The molecule has 8 heteroatoms. The molecule has 1 amide bonds. The smallest absolute Gasteiger partial charge is 0.307 e. The van der Waals surface area contributed by atoms with E-state index in [-0.39, 0.29) is 17.6 Å². The second-order valence-electron chi connectivity index (χ2n) is 5.48. The molecule has 3 atom stereocenters. The van der Waals surface area contributed by atoms with Crippen LogP contribution in [0.3, 0.4) is 0 Å². The number of aromatic nitrogens is 2. The van der Waals surface area contributed by atoms with Crippen LogP contribution in [-0.4, -0.2) is 27.1 Å². The molecule has 23 heavy (non-hydrogen) atoms. The van der Waals surface area contributed by atoms with E-state index in [1.54, 1.807) is 13.0 Å². The fourth-order valence-electron chi connectivity index (χ4n) is 2.30. The predicted octanol–water partition coefficient (Wildman–Crippen LogP) is 1.77. The van der Waals surface area contributed by atoms with Gasteiger partial charge in [-0.15, -0.1) is 0 Å². The fraction of sp³-hybridized carbons (Fsp3) is 0.333. The number of benzene rings is 1. The minimum atomic E-state index is -0.969. The van der Waals surface area contributed by atoms with E-state index in [1.807, 2.05) is 0 Å². The third kappa shape index (κ3) is 3.20. The molecule has 120 valence electrons. The number of carbonyl (C=O) groups is 2. The maximum Gasteiger partial charge on any atom is 0.307 e. The molecule has 0 aliphatic heterocycles. The van der Waals surface area contributed by atoms with Crippen molar-refractivity contribution >= 4 is 11.9 Å². The van der Waals surface area contributed by atoms with Gasteiger partial charge in [0.1, 0.15) is 11.9 Å². The molecule has 1 aliphatic rings. The van der Waals surface area contributed by atoms with Crippen molar-refractivity contribution in [3.63, 3.8) is 0 Å². The standard InChI is InChI=1S/C15H14FN3O4/c1-7(17-13(20)10-6-11(10)15(21)22)14-18-12(19-23-14)8-3-2-4-9(16)5-8/h2-5,7,10-11H,6H2,1H3,(H,17,20)(H,21,22)/t7-,10+,11-/m0/s1. The zero-order valence-electron chi connectivity index (χ0n) is 12.2. The van der Waals surface area contributed by atoms with Crippen molar-refractivity contribution in [3.05, 3.63) is 36.0 Å². The van der Waals surface area contributed by atoms with E-state index in [0.29, 0.717) is 12.0 Å². The summed E-state index contributed by atoms with van der Waals surface area (Å²) in [6.07, 6.45) is 0.340. The molecule has 1 aromatic carbocycles. The lowest BCUT2D eigenvalue weighted by Gasteiger charge is -2.08. The van der Waals surface area contributed by atoms with Crippen LogP contribution in [0, 0.1) is 17.7 Å². The van der Waals surface area contributed by atoms with Crippen molar-refractivity contribution in [2.24, 2.45) is 11.8 Å². The first-order valence-corrected chi connectivity index (χ1v) is 7.08. The van der Waals surface area contributed by atoms with E-state index >= 15 is 0 Å². The highest BCUT2D eigenvalue weighted by Gasteiger charge is 2.48. The van der Waals surface area contributed by atoms with Crippen molar-refractivity contribution in [1.29, 1.82) is 0 Å². The molecule has 0 saturated heterocycles. The number of halogens is 1. The van der Waals surface area contributed by atoms with Gasteiger partial charge in [0, 0.05) is 5.56 Å². The molecule has 1 aromatic heterocycles. The first-order valence-electron chi connectivity index (χ1n) is 7.08. The Kier molecular flexibility index (Phi) is 3.81. The average molecular weight is 319 g/mol. The number of carboxylic acid groups (broad SMARTS) is 1. The Hall–Kier alpha value is -2.77. The summed E-state index contributed by atoms with van der Waals surface area (Å²) >= 11 is 0. The highest BCUT2D eigenvalue weighted by molar-refractivity contribution is 5.89. The lowest BCUT2D eigenvalue weighted by atomic mass is 10.2. The van der Waals surface area contributed by atoms with E-state index in [9.17, 15) is 14.0 Å². The summed E-state index contributed by atoms with van der Waals surface area (Å²) in [6.45, 7) is 1.65. The van der Waals surface area contributed by atoms with Crippen LogP contribution < -0.4 is 5.32 Å². The number of aliphatic carboxylic acids is 1. The quantitative estimate of drug-likeness (QED) is 0.870. The van der Waals surface area contributed by atoms with Gasteiger partial charge in [0.05, 0.1) is 11.8 Å². The van der Waals surface area contributed by atoms with E-state index in [2.05, 4.69) is 15.5 Å².